The zero-order valence-electron chi connectivity index (χ0n) is 11.2. The van der Waals surface area contributed by atoms with Crippen LogP contribution in [0.25, 0.3) is 6.08 Å². The average Bonchev–Trinajstić information content (AvgIpc) is 3.03. The summed E-state index contributed by atoms with van der Waals surface area (Å²) in [7, 11) is 0. The first-order chi connectivity index (χ1) is 9.65. The van der Waals surface area contributed by atoms with Gasteiger partial charge in [0.15, 0.2) is 0 Å². The zero-order valence-corrected chi connectivity index (χ0v) is 14.0. The molecule has 2 aliphatic heterocycles. The van der Waals surface area contributed by atoms with Crippen LogP contribution < -0.4 is 34.7 Å². The number of aliphatic carboxylic acids is 1. The number of fused-ring (bicyclic) bond motifs is 1. The van der Waals surface area contributed by atoms with E-state index in [-0.39, 0.29) is 46.5 Å². The van der Waals surface area contributed by atoms with E-state index in [4.69, 9.17) is 0 Å². The zero-order chi connectivity index (χ0) is 13.9. The molecule has 0 unspecified atom stereocenters. The van der Waals surface area contributed by atoms with Gasteiger partial charge >= 0.3 is 29.6 Å². The molecule has 0 bridgehead atoms. The summed E-state index contributed by atoms with van der Waals surface area (Å²) in [6, 6.07) is 0.440. The number of aromatic nitrogens is 3. The van der Waals surface area contributed by atoms with E-state index in [1.807, 2.05) is 6.20 Å². The number of hydrogen-bond acceptors (Lipinski definition) is 6. The molecular formula is C12H9N4NaO3S. The molecule has 2 fully saturated rings. The van der Waals surface area contributed by atoms with Crippen LogP contribution in [-0.4, -0.2) is 37.1 Å². The standard InChI is InChI=1S/C12H10N4O3S.Na/c17-10-8(11-16(10)9(5-20-11)12(18)19)3-6-4-15(14-13-6)7-1-2-7;/h3-5,7,11H,1-2H2,(H,18,19);/q;+1/p-1/b8-3+;/t11-;/m1./s1. The van der Waals surface area contributed by atoms with Crippen molar-refractivity contribution in [2.45, 2.75) is 24.3 Å². The molecule has 0 spiro atoms. The van der Waals surface area contributed by atoms with Crippen molar-refractivity contribution in [3.8, 4) is 0 Å². The molecule has 1 atom stereocenters. The Labute approximate surface area is 146 Å². The van der Waals surface area contributed by atoms with Crippen molar-refractivity contribution in [2.24, 2.45) is 0 Å². The number of carbonyl (C=O) groups excluding carboxylic acids is 2. The molecule has 1 amide bonds. The van der Waals surface area contributed by atoms with Gasteiger partial charge in [0.2, 0.25) is 0 Å². The summed E-state index contributed by atoms with van der Waals surface area (Å²) in [6.07, 6.45) is 5.72. The second-order valence-corrected chi connectivity index (χ2v) is 5.86. The number of rotatable bonds is 3. The summed E-state index contributed by atoms with van der Waals surface area (Å²) >= 11 is 1.28. The second kappa shape index (κ2) is 5.28. The molecule has 1 aromatic heterocycles. The monoisotopic (exact) mass is 312 g/mol. The van der Waals surface area contributed by atoms with Gasteiger partial charge in [-0.1, -0.05) is 5.21 Å². The van der Waals surface area contributed by atoms with Gasteiger partial charge in [0, 0.05) is 0 Å². The molecule has 0 N–H and O–H groups in total. The van der Waals surface area contributed by atoms with E-state index in [1.54, 1.807) is 10.8 Å². The molecule has 1 saturated carbocycles. The molecule has 1 aromatic rings. The van der Waals surface area contributed by atoms with E-state index in [1.165, 1.54) is 22.1 Å². The van der Waals surface area contributed by atoms with E-state index >= 15 is 0 Å². The minimum Gasteiger partial charge on any atom is -0.543 e. The van der Waals surface area contributed by atoms with Crippen LogP contribution in [0.4, 0.5) is 0 Å². The normalized spacial score (nSPS) is 25.2. The van der Waals surface area contributed by atoms with Gasteiger partial charge in [-0.2, -0.15) is 0 Å². The Morgan fingerprint density at radius 1 is 1.48 bits per heavy atom. The van der Waals surface area contributed by atoms with Gasteiger partial charge in [0.25, 0.3) is 5.91 Å². The summed E-state index contributed by atoms with van der Waals surface area (Å²) in [5.74, 6) is -1.64. The van der Waals surface area contributed by atoms with Gasteiger partial charge in [0.05, 0.1) is 29.5 Å². The summed E-state index contributed by atoms with van der Waals surface area (Å²) in [5.41, 5.74) is 1.11. The van der Waals surface area contributed by atoms with Crippen LogP contribution in [0, 0.1) is 0 Å². The number of β-lactam (4-membered cyclic amide) rings is 1. The fourth-order valence-corrected chi connectivity index (χ4v) is 3.41. The predicted molar refractivity (Wildman–Crippen MR) is 67.6 cm³/mol. The third-order valence-corrected chi connectivity index (χ3v) is 4.58. The minimum absolute atomic E-state index is 0. The summed E-state index contributed by atoms with van der Waals surface area (Å²) in [5, 5.41) is 20.1. The first-order valence-electron chi connectivity index (χ1n) is 6.19. The number of carboxylic acid groups (broad SMARTS) is 1. The van der Waals surface area contributed by atoms with Gasteiger partial charge in [-0.15, -0.1) is 16.9 Å². The van der Waals surface area contributed by atoms with Gasteiger partial charge in [-0.05, 0) is 24.3 Å². The van der Waals surface area contributed by atoms with E-state index in [2.05, 4.69) is 10.3 Å². The van der Waals surface area contributed by atoms with E-state index in [0.717, 1.165) is 12.8 Å². The molecule has 0 radical (unpaired) electrons. The quantitative estimate of drug-likeness (QED) is 0.327. The molecule has 1 saturated heterocycles. The number of carbonyl (C=O) groups is 2. The molecule has 3 aliphatic rings. The molecule has 3 heterocycles. The minimum atomic E-state index is -1.33. The van der Waals surface area contributed by atoms with Crippen molar-refractivity contribution in [1.29, 1.82) is 0 Å². The predicted octanol–water partition coefficient (Wildman–Crippen LogP) is -3.49. The van der Waals surface area contributed by atoms with Crippen LogP contribution in [0.5, 0.6) is 0 Å². The average molecular weight is 312 g/mol. The van der Waals surface area contributed by atoms with Crippen LogP contribution in [-0.2, 0) is 9.59 Å². The molecule has 4 rings (SSSR count). The maximum absolute atomic E-state index is 12.0. The molecule has 0 aromatic carbocycles. The van der Waals surface area contributed by atoms with Crippen molar-refractivity contribution in [2.75, 3.05) is 0 Å². The van der Waals surface area contributed by atoms with Crippen LogP contribution >= 0.6 is 11.8 Å². The third-order valence-electron chi connectivity index (χ3n) is 3.50. The Bertz CT molecular complexity index is 694. The van der Waals surface area contributed by atoms with Gasteiger partial charge in [-0.3, -0.25) is 9.69 Å². The Morgan fingerprint density at radius 3 is 2.90 bits per heavy atom. The summed E-state index contributed by atoms with van der Waals surface area (Å²) in [6.45, 7) is 0. The third kappa shape index (κ3) is 2.36. The molecule has 21 heavy (non-hydrogen) atoms. The Balaban J connectivity index is 0.00000132. The topological polar surface area (TPSA) is 91.1 Å². The maximum atomic E-state index is 12.0. The first-order valence-corrected chi connectivity index (χ1v) is 7.13. The maximum Gasteiger partial charge on any atom is 1.00 e. The van der Waals surface area contributed by atoms with Crippen molar-refractivity contribution < 1.29 is 44.3 Å². The molecule has 1 aliphatic carbocycles. The summed E-state index contributed by atoms with van der Waals surface area (Å²) < 4.78 is 1.81. The molecule has 9 heteroatoms. The van der Waals surface area contributed by atoms with E-state index < -0.39 is 5.97 Å². The Morgan fingerprint density at radius 2 is 2.24 bits per heavy atom. The number of amides is 1. The SMILES string of the molecule is O=C([O-])C1=CS[C@@H]2/C(=C/c3cn(C4CC4)nn3)C(=O)N12.[Na+]. The van der Waals surface area contributed by atoms with Crippen molar-refractivity contribution >= 4 is 29.7 Å². The molecular weight excluding hydrogens is 303 g/mol. The number of carboxylic acids is 1. The van der Waals surface area contributed by atoms with E-state index in [0.29, 0.717) is 17.3 Å². The second-order valence-electron chi connectivity index (χ2n) is 4.91. The smallest absolute Gasteiger partial charge is 0.543 e. The summed E-state index contributed by atoms with van der Waals surface area (Å²) in [4.78, 5) is 24.1. The van der Waals surface area contributed by atoms with Crippen molar-refractivity contribution in [1.82, 2.24) is 19.9 Å². The van der Waals surface area contributed by atoms with Crippen molar-refractivity contribution in [3.63, 3.8) is 0 Å². The van der Waals surface area contributed by atoms with Crippen LogP contribution in [0.15, 0.2) is 22.9 Å². The van der Waals surface area contributed by atoms with E-state index in [9.17, 15) is 14.7 Å². The van der Waals surface area contributed by atoms with Crippen LogP contribution in [0.3, 0.4) is 0 Å². The van der Waals surface area contributed by atoms with Crippen molar-refractivity contribution in [3.05, 3.63) is 28.6 Å². The fraction of sp³-hybridized carbons (Fsp3) is 0.333. The van der Waals surface area contributed by atoms with Gasteiger partial charge < -0.3 is 9.90 Å². The molecule has 7 nitrogen and oxygen atoms in total. The Kier molecular flexibility index (Phi) is 3.73. The largest absolute Gasteiger partial charge is 1.00 e. The van der Waals surface area contributed by atoms with Gasteiger partial charge in [-0.25, -0.2) is 4.68 Å². The van der Waals surface area contributed by atoms with Crippen LogP contribution in [0.2, 0.25) is 0 Å². The van der Waals surface area contributed by atoms with Gasteiger partial charge in [0.1, 0.15) is 11.1 Å². The fourth-order valence-electron chi connectivity index (χ4n) is 2.29. The number of thioether (sulfide) groups is 1. The molecule has 102 valence electrons. The number of nitrogens with zero attached hydrogens (tertiary/aromatic N) is 4. The Hall–Kier alpha value is -1.09. The van der Waals surface area contributed by atoms with Crippen LogP contribution in [0.1, 0.15) is 24.6 Å². The first kappa shape index (κ1) is 14.8. The number of hydrogen-bond donors (Lipinski definition) is 0.